The van der Waals surface area contributed by atoms with E-state index in [0.717, 1.165) is 13.8 Å². The van der Waals surface area contributed by atoms with Crippen LogP contribution in [-0.4, -0.2) is 6.18 Å². The Morgan fingerprint density at radius 3 is 1.80 bits per heavy atom. The van der Waals surface area contributed by atoms with Gasteiger partial charge in [0.1, 0.15) is 0 Å². The highest BCUT2D eigenvalue weighted by molar-refractivity contribution is 4.84. The molecule has 0 spiro atoms. The van der Waals surface area contributed by atoms with E-state index in [1.54, 1.807) is 0 Å². The lowest BCUT2D eigenvalue weighted by molar-refractivity contribution is -0.210. The molecule has 0 aromatic rings. The van der Waals surface area contributed by atoms with Crippen LogP contribution in [0.2, 0.25) is 0 Å². The van der Waals surface area contributed by atoms with E-state index in [2.05, 4.69) is 6.58 Å². The van der Waals surface area contributed by atoms with Crippen molar-refractivity contribution in [3.63, 3.8) is 0 Å². The van der Waals surface area contributed by atoms with E-state index < -0.39 is 11.6 Å². The van der Waals surface area contributed by atoms with Crippen LogP contribution in [0.25, 0.3) is 0 Å². The minimum absolute atomic E-state index is 0.0312. The third-order valence-electron chi connectivity index (χ3n) is 1.42. The Morgan fingerprint density at radius 1 is 1.30 bits per heavy atom. The Morgan fingerprint density at radius 2 is 1.70 bits per heavy atom. The van der Waals surface area contributed by atoms with Gasteiger partial charge in [0.15, 0.2) is 0 Å². The molecule has 0 unspecified atom stereocenters. The topological polar surface area (TPSA) is 0 Å². The fourth-order valence-corrected chi connectivity index (χ4v) is 0.477. The van der Waals surface area contributed by atoms with Gasteiger partial charge in [-0.15, -0.1) is 6.58 Å². The average molecular weight is 152 g/mol. The molecule has 0 radical (unpaired) electrons. The van der Waals surface area contributed by atoms with Crippen LogP contribution >= 0.6 is 0 Å². The highest BCUT2D eigenvalue weighted by Gasteiger charge is 2.45. The van der Waals surface area contributed by atoms with Crippen molar-refractivity contribution >= 4 is 0 Å². The fraction of sp³-hybridized carbons (Fsp3) is 0.714. The van der Waals surface area contributed by atoms with Crippen molar-refractivity contribution in [1.29, 1.82) is 0 Å². The Kier molecular flexibility index (Phi) is 2.52. The van der Waals surface area contributed by atoms with Crippen molar-refractivity contribution in [2.45, 2.75) is 26.4 Å². The summed E-state index contributed by atoms with van der Waals surface area (Å²) in [7, 11) is 0. The zero-order chi connectivity index (χ0) is 8.41. The maximum atomic E-state index is 12.0. The molecule has 0 aromatic carbocycles. The molecule has 0 amide bonds. The van der Waals surface area contributed by atoms with Crippen molar-refractivity contribution in [2.75, 3.05) is 0 Å². The van der Waals surface area contributed by atoms with E-state index in [1.807, 2.05) is 0 Å². The molecule has 0 aliphatic carbocycles. The quantitative estimate of drug-likeness (QED) is 0.533. The van der Waals surface area contributed by atoms with Crippen molar-refractivity contribution in [3.05, 3.63) is 12.7 Å². The van der Waals surface area contributed by atoms with Gasteiger partial charge in [0.2, 0.25) is 0 Å². The van der Waals surface area contributed by atoms with Crippen molar-refractivity contribution in [3.8, 4) is 0 Å². The number of alkyl halides is 3. The van der Waals surface area contributed by atoms with Crippen LogP contribution in [0.4, 0.5) is 13.2 Å². The van der Waals surface area contributed by atoms with Crippen molar-refractivity contribution in [2.24, 2.45) is 5.41 Å². The molecule has 0 atom stereocenters. The van der Waals surface area contributed by atoms with Gasteiger partial charge in [-0.25, -0.2) is 0 Å². The maximum Gasteiger partial charge on any atom is 0.394 e. The summed E-state index contributed by atoms with van der Waals surface area (Å²) in [6.45, 7) is 5.58. The smallest absolute Gasteiger partial charge is 0.171 e. The third kappa shape index (κ3) is 2.05. The summed E-state index contributed by atoms with van der Waals surface area (Å²) in [5.74, 6) is 0. The summed E-state index contributed by atoms with van der Waals surface area (Å²) >= 11 is 0. The average Bonchev–Trinajstić information content (AvgIpc) is 1.61. The summed E-state index contributed by atoms with van der Waals surface area (Å²) in [6, 6.07) is 0. The normalized spacial score (nSPS) is 13.3. The number of halogens is 3. The van der Waals surface area contributed by atoms with Crippen LogP contribution in [0.3, 0.4) is 0 Å². The van der Waals surface area contributed by atoms with Gasteiger partial charge in [0.25, 0.3) is 0 Å². The van der Waals surface area contributed by atoms with Crippen LogP contribution < -0.4 is 0 Å². The summed E-state index contributed by atoms with van der Waals surface area (Å²) < 4.78 is 35.9. The molecular weight excluding hydrogens is 141 g/mol. The Bertz CT molecular complexity index is 121. The molecule has 0 aliphatic rings. The lowest BCUT2D eigenvalue weighted by atomic mass is 9.89. The molecule has 0 N–H and O–H groups in total. The zero-order valence-corrected chi connectivity index (χ0v) is 6.13. The molecule has 0 heterocycles. The van der Waals surface area contributed by atoms with Crippen LogP contribution in [0.5, 0.6) is 0 Å². The van der Waals surface area contributed by atoms with Crippen LogP contribution in [0.1, 0.15) is 20.3 Å². The minimum atomic E-state index is -4.12. The molecule has 0 rings (SSSR count). The summed E-state index contributed by atoms with van der Waals surface area (Å²) in [5.41, 5.74) is -1.63. The van der Waals surface area contributed by atoms with Crippen LogP contribution in [0.15, 0.2) is 12.7 Å². The molecule has 0 saturated heterocycles. The molecule has 60 valence electrons. The van der Waals surface area contributed by atoms with E-state index in [0.29, 0.717) is 0 Å². The number of allylic oxidation sites excluding steroid dienone is 1. The largest absolute Gasteiger partial charge is 0.394 e. The molecule has 0 aliphatic heterocycles. The van der Waals surface area contributed by atoms with E-state index in [9.17, 15) is 13.2 Å². The molecule has 0 saturated carbocycles. The highest BCUT2D eigenvalue weighted by atomic mass is 19.4. The second-order valence-corrected chi connectivity index (χ2v) is 2.87. The lowest BCUT2D eigenvalue weighted by Crippen LogP contribution is -2.31. The van der Waals surface area contributed by atoms with E-state index in [-0.39, 0.29) is 6.42 Å². The van der Waals surface area contributed by atoms with Gasteiger partial charge < -0.3 is 0 Å². The molecule has 10 heavy (non-hydrogen) atoms. The number of hydrogen-bond acceptors (Lipinski definition) is 0. The van der Waals surface area contributed by atoms with E-state index >= 15 is 0 Å². The summed E-state index contributed by atoms with van der Waals surface area (Å²) in [4.78, 5) is 0. The second-order valence-electron chi connectivity index (χ2n) is 2.87. The standard InChI is InChI=1S/C7H11F3/c1-4-5-6(2,3)7(8,9)10/h4H,1,5H2,2-3H3. The van der Waals surface area contributed by atoms with E-state index in [1.165, 1.54) is 6.08 Å². The molecule has 0 bridgehead atoms. The number of hydrogen-bond donors (Lipinski definition) is 0. The minimum Gasteiger partial charge on any atom is -0.171 e. The zero-order valence-electron chi connectivity index (χ0n) is 6.13. The second kappa shape index (κ2) is 2.64. The monoisotopic (exact) mass is 152 g/mol. The van der Waals surface area contributed by atoms with Gasteiger partial charge in [-0.2, -0.15) is 13.2 Å². The van der Waals surface area contributed by atoms with Gasteiger partial charge in [-0.1, -0.05) is 19.9 Å². The molecular formula is C7H11F3. The van der Waals surface area contributed by atoms with Gasteiger partial charge in [-0.05, 0) is 6.42 Å². The fourth-order valence-electron chi connectivity index (χ4n) is 0.477. The molecule has 0 fully saturated rings. The lowest BCUT2D eigenvalue weighted by Gasteiger charge is -2.25. The van der Waals surface area contributed by atoms with Gasteiger partial charge in [-0.3, -0.25) is 0 Å². The van der Waals surface area contributed by atoms with Crippen LogP contribution in [-0.2, 0) is 0 Å². The first kappa shape index (κ1) is 9.53. The first-order chi connectivity index (χ1) is 4.31. The van der Waals surface area contributed by atoms with Gasteiger partial charge in [0.05, 0.1) is 5.41 Å². The molecule has 0 nitrogen and oxygen atoms in total. The predicted molar refractivity (Wildman–Crippen MR) is 34.6 cm³/mol. The van der Waals surface area contributed by atoms with Gasteiger partial charge >= 0.3 is 6.18 Å². The van der Waals surface area contributed by atoms with Gasteiger partial charge in [0, 0.05) is 0 Å². The molecule has 0 aromatic heterocycles. The Hall–Kier alpha value is -0.470. The first-order valence-corrected chi connectivity index (χ1v) is 2.99. The van der Waals surface area contributed by atoms with Crippen molar-refractivity contribution in [1.82, 2.24) is 0 Å². The molecule has 3 heteroatoms. The summed E-state index contributed by atoms with van der Waals surface area (Å²) in [6.07, 6.45) is -2.87. The van der Waals surface area contributed by atoms with Crippen LogP contribution in [0, 0.1) is 5.41 Å². The number of rotatable bonds is 2. The third-order valence-corrected chi connectivity index (χ3v) is 1.42. The Labute approximate surface area is 58.7 Å². The SMILES string of the molecule is C=CCC(C)(C)C(F)(F)F. The van der Waals surface area contributed by atoms with E-state index in [4.69, 9.17) is 0 Å². The Balaban J connectivity index is 4.23. The van der Waals surface area contributed by atoms with Crippen molar-refractivity contribution < 1.29 is 13.2 Å². The predicted octanol–water partition coefficient (Wildman–Crippen LogP) is 3.15. The first-order valence-electron chi connectivity index (χ1n) is 2.99. The maximum absolute atomic E-state index is 12.0. The highest BCUT2D eigenvalue weighted by Crippen LogP contribution is 2.40. The summed E-state index contributed by atoms with van der Waals surface area (Å²) in [5, 5.41) is 0.